The van der Waals surface area contributed by atoms with Gasteiger partial charge in [-0.25, -0.2) is 14.7 Å². The number of para-hydroxylation sites is 1. The van der Waals surface area contributed by atoms with E-state index in [1.165, 1.54) is 19.1 Å². The summed E-state index contributed by atoms with van der Waals surface area (Å²) in [6.45, 7) is 2.90. The van der Waals surface area contributed by atoms with Crippen LogP contribution in [-0.2, 0) is 9.59 Å². The smallest absolute Gasteiger partial charge is 0.408 e. The van der Waals surface area contributed by atoms with Gasteiger partial charge in [0.1, 0.15) is 23.2 Å². The minimum absolute atomic E-state index is 0.0720. The summed E-state index contributed by atoms with van der Waals surface area (Å²) in [4.78, 5) is 43.6. The molecular formula is C25H28ClFN4O6. The summed E-state index contributed by atoms with van der Waals surface area (Å²) in [5, 5.41) is 19.3. The molecule has 2 saturated heterocycles. The van der Waals surface area contributed by atoms with Gasteiger partial charge < -0.3 is 19.6 Å². The van der Waals surface area contributed by atoms with Crippen LogP contribution in [0.4, 0.5) is 14.9 Å². The summed E-state index contributed by atoms with van der Waals surface area (Å²) in [5.74, 6) is -3.16. The summed E-state index contributed by atoms with van der Waals surface area (Å²) < 4.78 is 19.4. The van der Waals surface area contributed by atoms with Gasteiger partial charge in [0, 0.05) is 44.4 Å². The maximum Gasteiger partial charge on any atom is 0.408 e. The lowest BCUT2D eigenvalue weighted by Gasteiger charge is -2.51. The number of rotatable bonds is 5. The second kappa shape index (κ2) is 10.8. The Morgan fingerprint density at radius 3 is 2.38 bits per heavy atom. The van der Waals surface area contributed by atoms with Crippen molar-refractivity contribution in [1.29, 1.82) is 0 Å². The van der Waals surface area contributed by atoms with Crippen LogP contribution in [0.25, 0.3) is 0 Å². The van der Waals surface area contributed by atoms with Gasteiger partial charge in [0.2, 0.25) is 11.8 Å². The van der Waals surface area contributed by atoms with Crippen molar-refractivity contribution in [3.05, 3.63) is 59.4 Å². The Labute approximate surface area is 218 Å². The minimum atomic E-state index is -1.80. The molecule has 4 rings (SSSR count). The number of benzene rings is 2. The van der Waals surface area contributed by atoms with Crippen LogP contribution in [0.5, 0.6) is 5.75 Å². The van der Waals surface area contributed by atoms with Gasteiger partial charge in [-0.15, -0.1) is 0 Å². The molecule has 0 bridgehead atoms. The highest BCUT2D eigenvalue weighted by molar-refractivity contribution is 6.30. The summed E-state index contributed by atoms with van der Waals surface area (Å²) in [7, 11) is 0. The first-order chi connectivity index (χ1) is 17.6. The lowest BCUT2D eigenvalue weighted by molar-refractivity contribution is -0.161. The van der Waals surface area contributed by atoms with Gasteiger partial charge in [0.25, 0.3) is 0 Å². The first kappa shape index (κ1) is 26.5. The Morgan fingerprint density at radius 2 is 1.78 bits per heavy atom. The zero-order chi connectivity index (χ0) is 26.7. The molecular weight excluding hydrogens is 507 g/mol. The molecule has 0 unspecified atom stereocenters. The summed E-state index contributed by atoms with van der Waals surface area (Å²) in [6.07, 6.45) is -2.35. The molecule has 2 aromatic carbocycles. The number of piperazine rings is 1. The predicted molar refractivity (Wildman–Crippen MR) is 132 cm³/mol. The zero-order valence-corrected chi connectivity index (χ0v) is 20.9. The Bertz CT molecular complexity index is 1160. The van der Waals surface area contributed by atoms with Crippen LogP contribution >= 0.6 is 11.6 Å². The van der Waals surface area contributed by atoms with Crippen LogP contribution in [0.3, 0.4) is 0 Å². The van der Waals surface area contributed by atoms with Crippen molar-refractivity contribution in [3.8, 4) is 5.75 Å². The first-order valence-corrected chi connectivity index (χ1v) is 12.2. The molecule has 0 saturated carbocycles. The highest BCUT2D eigenvalue weighted by Crippen LogP contribution is 2.38. The summed E-state index contributed by atoms with van der Waals surface area (Å²) in [5.41, 5.74) is 0.793. The van der Waals surface area contributed by atoms with Crippen molar-refractivity contribution >= 4 is 35.2 Å². The van der Waals surface area contributed by atoms with E-state index in [1.807, 2.05) is 30.3 Å². The molecule has 0 aromatic heterocycles. The number of halogens is 2. The molecule has 2 aromatic rings. The van der Waals surface area contributed by atoms with E-state index in [-0.39, 0.29) is 23.7 Å². The van der Waals surface area contributed by atoms with E-state index in [0.717, 1.165) is 16.7 Å². The van der Waals surface area contributed by atoms with E-state index in [4.69, 9.17) is 16.3 Å². The number of piperidine rings is 1. The normalized spacial score (nSPS) is 23.9. The zero-order valence-electron chi connectivity index (χ0n) is 20.1. The molecule has 10 nitrogen and oxygen atoms in total. The number of carbonyl (C=O) groups is 3. The third kappa shape index (κ3) is 5.28. The molecule has 0 aliphatic carbocycles. The number of nitrogens with zero attached hydrogens (tertiary/aromatic N) is 3. The second-order valence-corrected chi connectivity index (χ2v) is 9.64. The average Bonchev–Trinajstić information content (AvgIpc) is 2.91. The SMILES string of the molecule is C[C@@]1(C(=O)N2CCN(c3ccccc3)CC2)[C@@H](C(=O)NO)C[C@H](Oc2ccc(F)c(Cl)c2)CN1C(=O)O. The molecule has 198 valence electrons. The van der Waals surface area contributed by atoms with Gasteiger partial charge >= 0.3 is 6.09 Å². The number of hydroxylamine groups is 1. The Morgan fingerprint density at radius 1 is 1.11 bits per heavy atom. The maximum atomic E-state index is 13.9. The molecule has 37 heavy (non-hydrogen) atoms. The summed E-state index contributed by atoms with van der Waals surface area (Å²) in [6, 6.07) is 13.4. The van der Waals surface area contributed by atoms with Crippen LogP contribution in [-0.4, -0.2) is 82.4 Å². The van der Waals surface area contributed by atoms with Gasteiger partial charge in [-0.05, 0) is 31.2 Å². The maximum absolute atomic E-state index is 13.9. The topological polar surface area (TPSA) is 123 Å². The van der Waals surface area contributed by atoms with E-state index in [0.29, 0.717) is 26.2 Å². The number of likely N-dealkylation sites (tertiary alicyclic amines) is 1. The third-order valence-electron chi connectivity index (χ3n) is 7.10. The molecule has 2 heterocycles. The Hall–Kier alpha value is -3.57. The van der Waals surface area contributed by atoms with Gasteiger partial charge in [-0.3, -0.25) is 19.7 Å². The fourth-order valence-corrected chi connectivity index (χ4v) is 5.25. The quantitative estimate of drug-likeness (QED) is 0.398. The van der Waals surface area contributed by atoms with Crippen molar-refractivity contribution < 1.29 is 33.8 Å². The highest BCUT2D eigenvalue weighted by atomic mass is 35.5. The molecule has 0 spiro atoms. The number of anilines is 1. The van der Waals surface area contributed by atoms with Crippen molar-refractivity contribution in [2.45, 2.75) is 25.0 Å². The van der Waals surface area contributed by atoms with Crippen LogP contribution in [0.1, 0.15) is 13.3 Å². The second-order valence-electron chi connectivity index (χ2n) is 9.24. The number of hydrogen-bond acceptors (Lipinski definition) is 6. The van der Waals surface area contributed by atoms with Gasteiger partial charge in [-0.1, -0.05) is 29.8 Å². The molecule has 12 heteroatoms. The lowest BCUT2D eigenvalue weighted by atomic mass is 9.75. The van der Waals surface area contributed by atoms with Crippen molar-refractivity contribution in [1.82, 2.24) is 15.3 Å². The number of nitrogens with one attached hydrogen (secondary N) is 1. The van der Waals surface area contributed by atoms with Crippen LogP contribution < -0.4 is 15.1 Å². The van der Waals surface area contributed by atoms with Crippen molar-refractivity contribution in [2.75, 3.05) is 37.6 Å². The highest BCUT2D eigenvalue weighted by Gasteiger charge is 2.57. The Kier molecular flexibility index (Phi) is 7.74. The predicted octanol–water partition coefficient (Wildman–Crippen LogP) is 2.84. The Balaban J connectivity index is 1.57. The van der Waals surface area contributed by atoms with Crippen molar-refractivity contribution in [2.24, 2.45) is 5.92 Å². The standard InChI is InChI=1S/C25H28ClFN4O6/c1-25(23(33)30-11-9-29(10-12-30)16-5-3-2-4-6-16)19(22(32)28-36)13-18(15-31(25)24(34)35)37-17-7-8-21(27)20(26)14-17/h2-8,14,18-19,36H,9-13,15H2,1H3,(H,28,32)(H,34,35)/t18-,19+,25-/m0/s1. The van der Waals surface area contributed by atoms with Gasteiger partial charge in [-0.2, -0.15) is 0 Å². The van der Waals surface area contributed by atoms with E-state index in [2.05, 4.69) is 4.90 Å². The van der Waals surface area contributed by atoms with Crippen molar-refractivity contribution in [3.63, 3.8) is 0 Å². The number of carbonyl (C=O) groups excluding carboxylic acids is 2. The van der Waals surface area contributed by atoms with Gasteiger partial charge in [0.15, 0.2) is 0 Å². The van der Waals surface area contributed by atoms with E-state index < -0.39 is 41.3 Å². The van der Waals surface area contributed by atoms with E-state index in [1.54, 1.807) is 10.4 Å². The van der Waals surface area contributed by atoms with Crippen LogP contribution in [0, 0.1) is 11.7 Å². The molecule has 2 aliphatic rings. The number of carboxylic acid groups (broad SMARTS) is 1. The monoisotopic (exact) mass is 534 g/mol. The van der Waals surface area contributed by atoms with Gasteiger partial charge in [0.05, 0.1) is 17.5 Å². The molecule has 3 amide bonds. The lowest BCUT2D eigenvalue weighted by Crippen LogP contribution is -2.71. The minimum Gasteiger partial charge on any atom is -0.489 e. The molecule has 3 N–H and O–H groups in total. The number of amides is 3. The molecule has 2 aliphatic heterocycles. The van der Waals surface area contributed by atoms with Crippen LogP contribution in [0.2, 0.25) is 5.02 Å². The number of hydrogen-bond donors (Lipinski definition) is 3. The number of ether oxygens (including phenoxy) is 1. The molecule has 3 atom stereocenters. The largest absolute Gasteiger partial charge is 0.489 e. The van der Waals surface area contributed by atoms with E-state index >= 15 is 0 Å². The molecule has 2 fully saturated rings. The van der Waals surface area contributed by atoms with Crippen LogP contribution in [0.15, 0.2) is 48.5 Å². The summed E-state index contributed by atoms with van der Waals surface area (Å²) >= 11 is 5.82. The fourth-order valence-electron chi connectivity index (χ4n) is 5.08. The first-order valence-electron chi connectivity index (χ1n) is 11.8. The third-order valence-corrected chi connectivity index (χ3v) is 7.39. The molecule has 0 radical (unpaired) electrons. The average molecular weight is 535 g/mol. The fraction of sp³-hybridized carbons (Fsp3) is 0.400. The van der Waals surface area contributed by atoms with E-state index in [9.17, 15) is 29.1 Å².